The van der Waals surface area contributed by atoms with Crippen molar-refractivity contribution in [3.63, 3.8) is 0 Å². The van der Waals surface area contributed by atoms with E-state index in [4.69, 9.17) is 0 Å². The van der Waals surface area contributed by atoms with Gasteiger partial charge in [0.2, 0.25) is 15.7 Å². The Morgan fingerprint density at radius 2 is 1.86 bits per heavy atom. The van der Waals surface area contributed by atoms with Crippen molar-refractivity contribution in [3.05, 3.63) is 29.8 Å². The number of piperidine rings is 1. The number of nitrogens with one attached hydrogen (secondary N) is 1. The van der Waals surface area contributed by atoms with Gasteiger partial charge in [-0.1, -0.05) is 25.6 Å². The fourth-order valence-corrected chi connectivity index (χ4v) is 5.98. The van der Waals surface area contributed by atoms with Gasteiger partial charge in [-0.05, 0) is 44.5 Å². The highest BCUT2D eigenvalue weighted by molar-refractivity contribution is 7.92. The van der Waals surface area contributed by atoms with Crippen molar-refractivity contribution in [3.8, 4) is 0 Å². The van der Waals surface area contributed by atoms with Gasteiger partial charge in [-0.25, -0.2) is 8.42 Å². The van der Waals surface area contributed by atoms with Crippen molar-refractivity contribution < 1.29 is 13.2 Å². The van der Waals surface area contributed by atoms with E-state index in [1.54, 1.807) is 29.2 Å². The average Bonchev–Trinajstić information content (AvgIpc) is 2.54. The van der Waals surface area contributed by atoms with Gasteiger partial charge in [-0.3, -0.25) is 4.79 Å². The third kappa shape index (κ3) is 2.25. The van der Waals surface area contributed by atoms with Gasteiger partial charge in [-0.15, -0.1) is 0 Å². The largest absolute Gasteiger partial charge is 0.323 e. The van der Waals surface area contributed by atoms with E-state index in [1.807, 2.05) is 6.92 Å². The zero-order chi connectivity index (χ0) is 15.1. The number of fused-ring (bicyclic) bond motifs is 1. The molecular weight excluding hydrogens is 300 g/mol. The monoisotopic (exact) mass is 324 g/mol. The second kappa shape index (κ2) is 6.01. The van der Waals surface area contributed by atoms with Gasteiger partial charge in [0.05, 0.1) is 11.3 Å². The second-order valence-corrected chi connectivity index (χ2v) is 7.83. The standard InChI is InChI=1S/C15H20N2O3S.CH4/c1-2-17-14(18)11-12-5-3-4-6-13(12)21(19,20)15(17)7-9-16-10-8-15;/h3-6,16H,2,7-11H2,1H3;1H4. The van der Waals surface area contributed by atoms with Crippen LogP contribution < -0.4 is 5.32 Å². The quantitative estimate of drug-likeness (QED) is 0.852. The molecule has 3 rings (SSSR count). The van der Waals surface area contributed by atoms with Crippen LogP contribution in [-0.4, -0.2) is 43.7 Å². The summed E-state index contributed by atoms with van der Waals surface area (Å²) in [6.45, 7) is 3.51. The van der Waals surface area contributed by atoms with Crippen LogP contribution in [-0.2, 0) is 21.1 Å². The number of rotatable bonds is 1. The minimum Gasteiger partial charge on any atom is -0.323 e. The van der Waals surface area contributed by atoms with Gasteiger partial charge in [0.25, 0.3) is 0 Å². The summed E-state index contributed by atoms with van der Waals surface area (Å²) in [7, 11) is -3.57. The summed E-state index contributed by atoms with van der Waals surface area (Å²) in [5.74, 6) is -0.0899. The molecule has 2 aliphatic heterocycles. The molecule has 0 bridgehead atoms. The second-order valence-electron chi connectivity index (χ2n) is 5.62. The highest BCUT2D eigenvalue weighted by atomic mass is 32.2. The van der Waals surface area contributed by atoms with Gasteiger partial charge in [0.1, 0.15) is 0 Å². The van der Waals surface area contributed by atoms with Crippen molar-refractivity contribution >= 4 is 15.7 Å². The number of nitrogens with zero attached hydrogens (tertiary/aromatic N) is 1. The number of sulfone groups is 1. The van der Waals surface area contributed by atoms with Crippen LogP contribution in [0.15, 0.2) is 29.2 Å². The molecule has 22 heavy (non-hydrogen) atoms. The molecule has 1 spiro atoms. The maximum absolute atomic E-state index is 13.3. The summed E-state index contributed by atoms with van der Waals surface area (Å²) in [5, 5.41) is 3.20. The fraction of sp³-hybridized carbons (Fsp3) is 0.562. The molecule has 1 N–H and O–H groups in total. The molecule has 2 aliphatic rings. The maximum atomic E-state index is 13.3. The first-order valence-electron chi connectivity index (χ1n) is 7.36. The Balaban J connectivity index is 0.00000176. The number of benzene rings is 1. The van der Waals surface area contributed by atoms with Crippen LogP contribution in [0.1, 0.15) is 32.8 Å². The van der Waals surface area contributed by atoms with E-state index < -0.39 is 14.7 Å². The minimum atomic E-state index is -3.57. The van der Waals surface area contributed by atoms with Crippen LogP contribution in [0, 0.1) is 0 Å². The zero-order valence-corrected chi connectivity index (χ0v) is 12.9. The van der Waals surface area contributed by atoms with E-state index in [0.29, 0.717) is 42.9 Å². The van der Waals surface area contributed by atoms with Crippen molar-refractivity contribution in [1.82, 2.24) is 10.2 Å². The molecule has 0 aliphatic carbocycles. The molecule has 0 atom stereocenters. The van der Waals surface area contributed by atoms with E-state index in [-0.39, 0.29) is 19.8 Å². The molecule has 1 amide bonds. The number of hydrogen-bond donors (Lipinski definition) is 1. The molecule has 122 valence electrons. The molecule has 2 heterocycles. The summed E-state index contributed by atoms with van der Waals surface area (Å²) in [5.41, 5.74) is 0.622. The van der Waals surface area contributed by atoms with Crippen LogP contribution >= 0.6 is 0 Å². The minimum absolute atomic E-state index is 0. The highest BCUT2D eigenvalue weighted by Gasteiger charge is 2.53. The molecule has 5 nitrogen and oxygen atoms in total. The lowest BCUT2D eigenvalue weighted by Crippen LogP contribution is -2.60. The Morgan fingerprint density at radius 3 is 2.50 bits per heavy atom. The molecule has 1 fully saturated rings. The fourth-order valence-electron chi connectivity index (χ4n) is 3.57. The molecular formula is C16H24N2O3S. The third-order valence-electron chi connectivity index (χ3n) is 4.60. The Hall–Kier alpha value is -1.40. The normalized spacial score (nSPS) is 22.6. The average molecular weight is 324 g/mol. The number of hydrogen-bond acceptors (Lipinski definition) is 4. The lowest BCUT2D eigenvalue weighted by molar-refractivity contribution is -0.134. The lowest BCUT2D eigenvalue weighted by Gasteiger charge is -2.44. The summed E-state index contributed by atoms with van der Waals surface area (Å²) in [6, 6.07) is 6.91. The number of carbonyl (C=O) groups is 1. The first-order valence-corrected chi connectivity index (χ1v) is 8.85. The smallest absolute Gasteiger partial charge is 0.228 e. The molecule has 1 aromatic rings. The number of likely N-dealkylation sites (N-methyl/N-ethyl adjacent to an activating group) is 1. The predicted molar refractivity (Wildman–Crippen MR) is 86.3 cm³/mol. The molecule has 0 radical (unpaired) electrons. The summed E-state index contributed by atoms with van der Waals surface area (Å²) >= 11 is 0. The number of amides is 1. The van der Waals surface area contributed by atoms with E-state index in [9.17, 15) is 13.2 Å². The molecule has 6 heteroatoms. The van der Waals surface area contributed by atoms with Crippen molar-refractivity contribution in [1.29, 1.82) is 0 Å². The molecule has 0 unspecified atom stereocenters. The van der Waals surface area contributed by atoms with Crippen molar-refractivity contribution in [2.75, 3.05) is 19.6 Å². The van der Waals surface area contributed by atoms with E-state index in [0.717, 1.165) is 0 Å². The van der Waals surface area contributed by atoms with E-state index in [1.165, 1.54) is 0 Å². The van der Waals surface area contributed by atoms with Crippen LogP contribution in [0.2, 0.25) is 0 Å². The van der Waals surface area contributed by atoms with Gasteiger partial charge >= 0.3 is 0 Å². The summed E-state index contributed by atoms with van der Waals surface area (Å²) in [4.78, 5) is 13.4. The van der Waals surface area contributed by atoms with E-state index in [2.05, 4.69) is 5.32 Å². The first-order chi connectivity index (χ1) is 10.0. The zero-order valence-electron chi connectivity index (χ0n) is 12.1. The highest BCUT2D eigenvalue weighted by Crippen LogP contribution is 2.40. The van der Waals surface area contributed by atoms with Crippen molar-refractivity contribution in [2.24, 2.45) is 0 Å². The third-order valence-corrected chi connectivity index (χ3v) is 7.20. The lowest BCUT2D eigenvalue weighted by atomic mass is 10.0. The Labute approximate surface area is 132 Å². The topological polar surface area (TPSA) is 66.5 Å². The van der Waals surface area contributed by atoms with Gasteiger partial charge < -0.3 is 10.2 Å². The Bertz CT molecular complexity index is 664. The Morgan fingerprint density at radius 1 is 1.23 bits per heavy atom. The molecule has 0 saturated carbocycles. The first kappa shape index (κ1) is 17.0. The van der Waals surface area contributed by atoms with Crippen LogP contribution in [0.4, 0.5) is 0 Å². The maximum Gasteiger partial charge on any atom is 0.228 e. The predicted octanol–water partition coefficient (Wildman–Crippen LogP) is 1.58. The van der Waals surface area contributed by atoms with Gasteiger partial charge in [-0.2, -0.15) is 0 Å². The van der Waals surface area contributed by atoms with Crippen LogP contribution in [0.25, 0.3) is 0 Å². The van der Waals surface area contributed by atoms with Crippen LogP contribution in [0.5, 0.6) is 0 Å². The summed E-state index contributed by atoms with van der Waals surface area (Å²) < 4.78 is 26.6. The molecule has 0 aromatic heterocycles. The molecule has 1 saturated heterocycles. The molecule has 1 aromatic carbocycles. The van der Waals surface area contributed by atoms with Gasteiger partial charge in [0, 0.05) is 6.54 Å². The Kier molecular flexibility index (Phi) is 4.63. The summed E-state index contributed by atoms with van der Waals surface area (Å²) in [6.07, 6.45) is 1.06. The van der Waals surface area contributed by atoms with Gasteiger partial charge in [0.15, 0.2) is 4.87 Å². The van der Waals surface area contributed by atoms with E-state index >= 15 is 0 Å². The van der Waals surface area contributed by atoms with Crippen LogP contribution in [0.3, 0.4) is 0 Å². The number of carbonyl (C=O) groups excluding carboxylic acids is 1. The SMILES string of the molecule is C.CCN1C(=O)Cc2ccccc2S(=O)(=O)C12CCNCC2. The van der Waals surface area contributed by atoms with Crippen molar-refractivity contribution in [2.45, 2.75) is 43.4 Å².